The fourth-order valence-corrected chi connectivity index (χ4v) is 3.36. The first-order chi connectivity index (χ1) is 13.2. The van der Waals surface area contributed by atoms with Crippen molar-refractivity contribution in [3.05, 3.63) is 52.7 Å². The van der Waals surface area contributed by atoms with Crippen molar-refractivity contribution < 1.29 is 19.4 Å². The van der Waals surface area contributed by atoms with Crippen LogP contribution in [-0.2, 0) is 9.59 Å². The van der Waals surface area contributed by atoms with Crippen LogP contribution in [0, 0.1) is 6.92 Å². The SMILES string of the molecule is Cc1cc(NC(=O)CC(=O)O)cc(Cl)c1Oc1ccc2[nH]cc(C(C)C)c2c1. The van der Waals surface area contributed by atoms with Gasteiger partial charge in [-0.1, -0.05) is 25.4 Å². The van der Waals surface area contributed by atoms with E-state index in [2.05, 4.69) is 24.1 Å². The van der Waals surface area contributed by atoms with E-state index in [9.17, 15) is 9.59 Å². The number of carbonyl (C=O) groups excluding carboxylic acids is 1. The predicted octanol–water partition coefficient (Wildman–Crippen LogP) is 5.46. The van der Waals surface area contributed by atoms with Gasteiger partial charge in [0, 0.05) is 22.8 Å². The lowest BCUT2D eigenvalue weighted by Crippen LogP contribution is -2.16. The molecule has 0 spiro atoms. The van der Waals surface area contributed by atoms with Gasteiger partial charge in [0.2, 0.25) is 5.91 Å². The number of aliphatic carboxylic acids is 1. The lowest BCUT2D eigenvalue weighted by molar-refractivity contribution is -0.139. The van der Waals surface area contributed by atoms with E-state index in [0.717, 1.165) is 16.5 Å². The van der Waals surface area contributed by atoms with Crippen LogP contribution in [0.15, 0.2) is 36.5 Å². The molecule has 0 aliphatic carbocycles. The number of ether oxygens (including phenoxy) is 1. The summed E-state index contributed by atoms with van der Waals surface area (Å²) in [4.78, 5) is 25.5. The number of aromatic nitrogens is 1. The standard InChI is InChI=1S/C21H21ClN2O4/c1-11(2)16-10-23-18-5-4-14(8-15(16)18)28-21-12(3)6-13(7-17(21)22)24-19(25)9-20(26)27/h4-8,10-11,23H,9H2,1-3H3,(H,24,25)(H,26,27). The van der Waals surface area contributed by atoms with E-state index in [1.54, 1.807) is 6.07 Å². The highest BCUT2D eigenvalue weighted by Gasteiger charge is 2.14. The highest BCUT2D eigenvalue weighted by atomic mass is 35.5. The molecule has 0 saturated heterocycles. The number of carboxylic acid groups (broad SMARTS) is 1. The lowest BCUT2D eigenvalue weighted by Gasteiger charge is -2.14. The van der Waals surface area contributed by atoms with Crippen LogP contribution < -0.4 is 10.1 Å². The largest absolute Gasteiger partial charge is 0.481 e. The Morgan fingerprint density at radius 1 is 1.25 bits per heavy atom. The van der Waals surface area contributed by atoms with Crippen molar-refractivity contribution in [2.24, 2.45) is 0 Å². The number of benzene rings is 2. The van der Waals surface area contributed by atoms with E-state index in [0.29, 0.717) is 28.1 Å². The average molecular weight is 401 g/mol. The Hall–Kier alpha value is -2.99. The first-order valence-electron chi connectivity index (χ1n) is 8.85. The number of rotatable bonds is 6. The molecule has 1 amide bonds. The molecule has 28 heavy (non-hydrogen) atoms. The number of anilines is 1. The van der Waals surface area contributed by atoms with Gasteiger partial charge in [-0.3, -0.25) is 9.59 Å². The van der Waals surface area contributed by atoms with Gasteiger partial charge >= 0.3 is 5.97 Å². The Morgan fingerprint density at radius 3 is 2.64 bits per heavy atom. The lowest BCUT2D eigenvalue weighted by atomic mass is 10.0. The molecule has 0 aliphatic rings. The number of amides is 1. The molecule has 0 atom stereocenters. The Balaban J connectivity index is 1.86. The molecule has 1 aromatic heterocycles. The first kappa shape index (κ1) is 19.8. The van der Waals surface area contributed by atoms with Crippen molar-refractivity contribution >= 4 is 40.1 Å². The minimum Gasteiger partial charge on any atom is -0.481 e. The summed E-state index contributed by atoms with van der Waals surface area (Å²) < 4.78 is 6.02. The van der Waals surface area contributed by atoms with Gasteiger partial charge in [0.15, 0.2) is 0 Å². The van der Waals surface area contributed by atoms with Gasteiger partial charge in [0.05, 0.1) is 5.02 Å². The third kappa shape index (κ3) is 4.28. The second-order valence-electron chi connectivity index (χ2n) is 6.93. The third-order valence-electron chi connectivity index (χ3n) is 4.35. The van der Waals surface area contributed by atoms with E-state index in [1.807, 2.05) is 31.3 Å². The third-order valence-corrected chi connectivity index (χ3v) is 4.63. The fourth-order valence-electron chi connectivity index (χ4n) is 3.06. The van der Waals surface area contributed by atoms with Crippen LogP contribution in [0.4, 0.5) is 5.69 Å². The summed E-state index contributed by atoms with van der Waals surface area (Å²) in [5.41, 5.74) is 3.38. The highest BCUT2D eigenvalue weighted by molar-refractivity contribution is 6.32. The van der Waals surface area contributed by atoms with Gasteiger partial charge in [0.25, 0.3) is 0 Å². The molecule has 6 nitrogen and oxygen atoms in total. The number of hydrogen-bond acceptors (Lipinski definition) is 3. The molecule has 0 unspecified atom stereocenters. The number of H-pyrrole nitrogens is 1. The number of aromatic amines is 1. The summed E-state index contributed by atoms with van der Waals surface area (Å²) in [5, 5.41) is 12.6. The van der Waals surface area contributed by atoms with Gasteiger partial charge in [-0.05, 0) is 54.3 Å². The summed E-state index contributed by atoms with van der Waals surface area (Å²) in [7, 11) is 0. The second kappa shape index (κ2) is 7.94. The number of fused-ring (bicyclic) bond motifs is 1. The normalized spacial score (nSPS) is 11.0. The average Bonchev–Trinajstić information content (AvgIpc) is 3.00. The summed E-state index contributed by atoms with van der Waals surface area (Å²) in [6, 6.07) is 9.02. The molecule has 2 aromatic carbocycles. The zero-order chi connectivity index (χ0) is 20.4. The first-order valence-corrected chi connectivity index (χ1v) is 9.23. The smallest absolute Gasteiger partial charge is 0.312 e. The molecule has 0 fully saturated rings. The van der Waals surface area contributed by atoms with Gasteiger partial charge in [-0.15, -0.1) is 0 Å². The quantitative estimate of drug-likeness (QED) is 0.479. The maximum atomic E-state index is 11.6. The second-order valence-corrected chi connectivity index (χ2v) is 7.34. The Morgan fingerprint density at radius 2 is 2.00 bits per heavy atom. The number of aryl methyl sites for hydroxylation is 1. The van der Waals surface area contributed by atoms with Crippen LogP contribution in [0.2, 0.25) is 5.02 Å². The van der Waals surface area contributed by atoms with Crippen LogP contribution in [0.1, 0.15) is 37.3 Å². The van der Waals surface area contributed by atoms with E-state index in [4.69, 9.17) is 21.4 Å². The zero-order valence-corrected chi connectivity index (χ0v) is 16.6. The molecular formula is C21H21ClN2O4. The Kier molecular flexibility index (Phi) is 5.61. The molecule has 0 aliphatic heterocycles. The van der Waals surface area contributed by atoms with E-state index >= 15 is 0 Å². The fraction of sp³-hybridized carbons (Fsp3) is 0.238. The molecule has 7 heteroatoms. The topological polar surface area (TPSA) is 91.4 Å². The zero-order valence-electron chi connectivity index (χ0n) is 15.8. The molecule has 3 rings (SSSR count). The molecular weight excluding hydrogens is 380 g/mol. The van der Waals surface area contributed by atoms with Gasteiger partial charge in [0.1, 0.15) is 17.9 Å². The Labute approximate surface area is 167 Å². The maximum Gasteiger partial charge on any atom is 0.312 e. The van der Waals surface area contributed by atoms with Crippen LogP contribution >= 0.6 is 11.6 Å². The Bertz CT molecular complexity index is 1030. The van der Waals surface area contributed by atoms with Crippen LogP contribution in [0.5, 0.6) is 11.5 Å². The highest BCUT2D eigenvalue weighted by Crippen LogP contribution is 2.37. The number of nitrogens with one attached hydrogen (secondary N) is 2. The summed E-state index contributed by atoms with van der Waals surface area (Å²) in [6.45, 7) is 6.07. The van der Waals surface area contributed by atoms with Crippen LogP contribution in [-0.4, -0.2) is 22.0 Å². The van der Waals surface area contributed by atoms with E-state index in [1.165, 1.54) is 11.6 Å². The van der Waals surface area contributed by atoms with E-state index in [-0.39, 0.29) is 0 Å². The summed E-state index contributed by atoms with van der Waals surface area (Å²) in [5.74, 6) is -0.291. The molecule has 0 saturated carbocycles. The molecule has 3 N–H and O–H groups in total. The molecule has 146 valence electrons. The number of hydrogen-bond donors (Lipinski definition) is 3. The van der Waals surface area contributed by atoms with Crippen molar-refractivity contribution in [1.82, 2.24) is 4.98 Å². The summed E-state index contributed by atoms with van der Waals surface area (Å²) >= 11 is 6.35. The van der Waals surface area contributed by atoms with Gasteiger partial charge in [-0.2, -0.15) is 0 Å². The van der Waals surface area contributed by atoms with Crippen molar-refractivity contribution in [2.75, 3.05) is 5.32 Å². The minimum absolute atomic E-state index is 0.323. The number of halogens is 1. The molecule has 1 heterocycles. The molecule has 0 bridgehead atoms. The monoisotopic (exact) mass is 400 g/mol. The van der Waals surface area contributed by atoms with Crippen LogP contribution in [0.3, 0.4) is 0 Å². The predicted molar refractivity (Wildman–Crippen MR) is 110 cm³/mol. The molecule has 0 radical (unpaired) electrons. The van der Waals surface area contributed by atoms with Crippen molar-refractivity contribution in [3.8, 4) is 11.5 Å². The van der Waals surface area contributed by atoms with Crippen molar-refractivity contribution in [2.45, 2.75) is 33.1 Å². The van der Waals surface area contributed by atoms with Crippen molar-refractivity contribution in [1.29, 1.82) is 0 Å². The summed E-state index contributed by atoms with van der Waals surface area (Å²) in [6.07, 6.45) is 1.40. The van der Waals surface area contributed by atoms with Crippen molar-refractivity contribution in [3.63, 3.8) is 0 Å². The molecule has 3 aromatic rings. The maximum absolute atomic E-state index is 11.6. The number of carbonyl (C=O) groups is 2. The van der Waals surface area contributed by atoms with E-state index < -0.39 is 18.3 Å². The van der Waals surface area contributed by atoms with Gasteiger partial charge < -0.3 is 20.1 Å². The number of carboxylic acids is 1. The minimum atomic E-state index is -1.19. The van der Waals surface area contributed by atoms with Crippen LogP contribution in [0.25, 0.3) is 10.9 Å². The van der Waals surface area contributed by atoms with Gasteiger partial charge in [-0.25, -0.2) is 0 Å².